The van der Waals surface area contributed by atoms with Crippen LogP contribution in [0.3, 0.4) is 0 Å². The molecule has 0 aliphatic heterocycles. The number of hydrogen-bond donors (Lipinski definition) is 1. The Morgan fingerprint density at radius 2 is 1.94 bits per heavy atom. The van der Waals surface area contributed by atoms with Gasteiger partial charge in [-0.25, -0.2) is 0 Å². The van der Waals surface area contributed by atoms with Crippen LogP contribution < -0.4 is 0 Å². The molecule has 0 fully saturated rings. The summed E-state index contributed by atoms with van der Waals surface area (Å²) in [4.78, 5) is 4.84. The van der Waals surface area contributed by atoms with Crippen LogP contribution in [0, 0.1) is 16.0 Å². The van der Waals surface area contributed by atoms with Crippen LogP contribution >= 0.6 is 24.0 Å². The molecule has 78 valence electrons. The number of aromatic nitrogens is 1. The third-order valence-electron chi connectivity index (χ3n) is 2.01. The Hall–Kier alpha value is -1.57. The van der Waals surface area contributed by atoms with E-state index in [9.17, 15) is 0 Å². The molecule has 1 aromatic heterocycles. The highest BCUT2D eigenvalue weighted by atomic mass is 32.2. The van der Waals surface area contributed by atoms with Crippen LogP contribution in [0.1, 0.15) is 5.56 Å². The molecule has 0 aliphatic rings. The van der Waals surface area contributed by atoms with Crippen molar-refractivity contribution in [1.29, 1.82) is 5.26 Å². The zero-order chi connectivity index (χ0) is 11.4. The highest BCUT2D eigenvalue weighted by Gasteiger charge is 2.04. The first-order valence-corrected chi connectivity index (χ1v) is 5.88. The molecule has 0 saturated carbocycles. The fraction of sp³-hybridized carbons (Fsp3) is 0. The number of nitrogens with zero attached hydrogens (tertiary/aromatic N) is 1. The second-order valence-corrected chi connectivity index (χ2v) is 4.60. The van der Waals surface area contributed by atoms with Gasteiger partial charge >= 0.3 is 0 Å². The summed E-state index contributed by atoms with van der Waals surface area (Å²) in [6.07, 6.45) is 1.76. The molecule has 0 aliphatic carbocycles. The van der Waals surface area contributed by atoms with Gasteiger partial charge in [-0.15, -0.1) is 0 Å². The molecular formula is C12H8N2S2. The minimum Gasteiger partial charge on any atom is -0.352 e. The first kappa shape index (κ1) is 10.9. The van der Waals surface area contributed by atoms with E-state index in [1.165, 1.54) is 0 Å². The Labute approximate surface area is 103 Å². The molecule has 1 heterocycles. The van der Waals surface area contributed by atoms with Crippen LogP contribution in [0.5, 0.6) is 0 Å². The van der Waals surface area contributed by atoms with Gasteiger partial charge in [-0.3, -0.25) is 0 Å². The number of rotatable bonds is 2. The second kappa shape index (κ2) is 4.97. The van der Waals surface area contributed by atoms with E-state index in [0.29, 0.717) is 10.2 Å². The highest BCUT2D eigenvalue weighted by molar-refractivity contribution is 7.99. The SMILES string of the molecule is N#Cc1c(Sc2ccccc2)cc[nH]c1=S. The molecule has 0 unspecified atom stereocenters. The van der Waals surface area contributed by atoms with Crippen molar-refractivity contribution in [2.75, 3.05) is 0 Å². The van der Waals surface area contributed by atoms with Gasteiger partial charge < -0.3 is 4.98 Å². The Morgan fingerprint density at radius 3 is 2.62 bits per heavy atom. The number of nitrogens with one attached hydrogen (secondary N) is 1. The third kappa shape index (κ3) is 2.32. The van der Waals surface area contributed by atoms with E-state index in [0.717, 1.165) is 9.79 Å². The van der Waals surface area contributed by atoms with Gasteiger partial charge in [0, 0.05) is 16.0 Å². The summed E-state index contributed by atoms with van der Waals surface area (Å²) in [6.45, 7) is 0. The Balaban J connectivity index is 2.40. The summed E-state index contributed by atoms with van der Waals surface area (Å²) >= 11 is 6.61. The maximum atomic E-state index is 9.03. The van der Waals surface area contributed by atoms with E-state index in [2.05, 4.69) is 11.1 Å². The molecule has 0 radical (unpaired) electrons. The monoisotopic (exact) mass is 244 g/mol. The quantitative estimate of drug-likeness (QED) is 0.817. The molecule has 16 heavy (non-hydrogen) atoms. The van der Waals surface area contributed by atoms with Crippen LogP contribution in [0.15, 0.2) is 52.4 Å². The molecule has 4 heteroatoms. The minimum absolute atomic E-state index is 0.489. The topological polar surface area (TPSA) is 39.6 Å². The van der Waals surface area contributed by atoms with Gasteiger partial charge in [-0.05, 0) is 18.2 Å². The molecule has 2 nitrogen and oxygen atoms in total. The number of benzene rings is 1. The van der Waals surface area contributed by atoms with Crippen molar-refractivity contribution in [3.63, 3.8) is 0 Å². The van der Waals surface area contributed by atoms with Gasteiger partial charge in [0.15, 0.2) is 0 Å². The van der Waals surface area contributed by atoms with E-state index in [1.54, 1.807) is 18.0 Å². The van der Waals surface area contributed by atoms with Crippen molar-refractivity contribution >= 4 is 24.0 Å². The minimum atomic E-state index is 0.489. The molecule has 2 aromatic rings. The van der Waals surface area contributed by atoms with Gasteiger partial charge in [0.1, 0.15) is 16.3 Å². The largest absolute Gasteiger partial charge is 0.352 e. The lowest BCUT2D eigenvalue weighted by Crippen LogP contribution is -1.85. The number of aromatic amines is 1. The zero-order valence-corrected chi connectivity index (χ0v) is 9.94. The number of pyridine rings is 1. The number of H-pyrrole nitrogens is 1. The highest BCUT2D eigenvalue weighted by Crippen LogP contribution is 2.29. The fourth-order valence-corrected chi connectivity index (χ4v) is 2.49. The first-order chi connectivity index (χ1) is 7.81. The van der Waals surface area contributed by atoms with Gasteiger partial charge in [0.25, 0.3) is 0 Å². The maximum absolute atomic E-state index is 9.03. The van der Waals surface area contributed by atoms with Crippen molar-refractivity contribution in [1.82, 2.24) is 4.98 Å². The Morgan fingerprint density at radius 1 is 1.19 bits per heavy atom. The summed E-state index contributed by atoms with van der Waals surface area (Å²) in [5.41, 5.74) is 0.534. The summed E-state index contributed by atoms with van der Waals surface area (Å²) in [5.74, 6) is 0. The molecule has 2 rings (SSSR count). The van der Waals surface area contributed by atoms with E-state index in [1.807, 2.05) is 36.4 Å². The van der Waals surface area contributed by atoms with Crippen LogP contribution in [0.25, 0.3) is 0 Å². The smallest absolute Gasteiger partial charge is 0.122 e. The first-order valence-electron chi connectivity index (χ1n) is 4.66. The normalized spacial score (nSPS) is 9.69. The Kier molecular flexibility index (Phi) is 3.40. The van der Waals surface area contributed by atoms with E-state index < -0.39 is 0 Å². The lowest BCUT2D eigenvalue weighted by Gasteiger charge is -2.03. The standard InChI is InChI=1S/C12H8N2S2/c13-8-10-11(6-7-14-12(10)15)16-9-4-2-1-3-5-9/h1-7H,(H,14,15). The molecule has 0 amide bonds. The van der Waals surface area contributed by atoms with Crippen molar-refractivity contribution < 1.29 is 0 Å². The van der Waals surface area contributed by atoms with Gasteiger partial charge in [0.2, 0.25) is 0 Å². The van der Waals surface area contributed by atoms with E-state index >= 15 is 0 Å². The van der Waals surface area contributed by atoms with E-state index in [4.69, 9.17) is 17.5 Å². The summed E-state index contributed by atoms with van der Waals surface area (Å²) in [6, 6.07) is 13.9. The van der Waals surface area contributed by atoms with Gasteiger partial charge in [-0.1, -0.05) is 42.2 Å². The molecule has 0 spiro atoms. The zero-order valence-electron chi connectivity index (χ0n) is 8.31. The molecule has 0 bridgehead atoms. The molecule has 0 saturated heterocycles. The fourth-order valence-electron chi connectivity index (χ4n) is 1.27. The molecule has 1 N–H and O–H groups in total. The Bertz CT molecular complexity index is 582. The third-order valence-corrected chi connectivity index (χ3v) is 3.40. The van der Waals surface area contributed by atoms with Crippen molar-refractivity contribution in [2.45, 2.75) is 9.79 Å². The van der Waals surface area contributed by atoms with Crippen LogP contribution in [-0.2, 0) is 0 Å². The lowest BCUT2D eigenvalue weighted by molar-refractivity contribution is 1.20. The van der Waals surface area contributed by atoms with E-state index in [-0.39, 0.29) is 0 Å². The van der Waals surface area contributed by atoms with Gasteiger partial charge in [0.05, 0.1) is 0 Å². The van der Waals surface area contributed by atoms with Crippen molar-refractivity contribution in [2.24, 2.45) is 0 Å². The average molecular weight is 244 g/mol. The summed E-state index contributed by atoms with van der Waals surface area (Å²) in [5, 5.41) is 9.03. The predicted molar refractivity (Wildman–Crippen MR) is 66.9 cm³/mol. The van der Waals surface area contributed by atoms with Crippen LogP contribution in [0.2, 0.25) is 0 Å². The van der Waals surface area contributed by atoms with Crippen molar-refractivity contribution in [3.05, 3.63) is 52.8 Å². The van der Waals surface area contributed by atoms with Gasteiger partial charge in [-0.2, -0.15) is 5.26 Å². The lowest BCUT2D eigenvalue weighted by atomic mass is 10.3. The number of nitriles is 1. The molecular weight excluding hydrogens is 236 g/mol. The van der Waals surface area contributed by atoms with Crippen molar-refractivity contribution in [3.8, 4) is 6.07 Å². The average Bonchev–Trinajstić information content (AvgIpc) is 2.31. The maximum Gasteiger partial charge on any atom is 0.122 e. The number of hydrogen-bond acceptors (Lipinski definition) is 3. The summed E-state index contributed by atoms with van der Waals surface area (Å²) in [7, 11) is 0. The predicted octanol–water partition coefficient (Wildman–Crippen LogP) is 3.77. The van der Waals surface area contributed by atoms with Crippen LogP contribution in [0.4, 0.5) is 0 Å². The molecule has 0 atom stereocenters. The van der Waals surface area contributed by atoms with Crippen LogP contribution in [-0.4, -0.2) is 4.98 Å². The summed E-state index contributed by atoms with van der Waals surface area (Å²) < 4.78 is 0.489. The molecule has 1 aromatic carbocycles. The second-order valence-electron chi connectivity index (χ2n) is 3.07.